The van der Waals surface area contributed by atoms with Crippen molar-refractivity contribution in [3.8, 4) is 0 Å². The third-order valence-electron chi connectivity index (χ3n) is 3.36. The molecular weight excluding hydrogens is 216 g/mol. The molecule has 90 valence electrons. The fourth-order valence-corrected chi connectivity index (χ4v) is 3.44. The lowest BCUT2D eigenvalue weighted by Gasteiger charge is -2.27. The zero-order chi connectivity index (χ0) is 11.4. The molecule has 0 aromatic rings. The summed E-state index contributed by atoms with van der Waals surface area (Å²) < 4.78 is 11.5. The normalized spacial score (nSPS) is 21.4. The van der Waals surface area contributed by atoms with Crippen LogP contribution in [0, 0.1) is 11.8 Å². The van der Waals surface area contributed by atoms with Gasteiger partial charge in [0.25, 0.3) is 0 Å². The summed E-state index contributed by atoms with van der Waals surface area (Å²) in [6, 6.07) is 0. The highest BCUT2D eigenvalue weighted by Crippen LogP contribution is 2.32. The second-order valence-electron chi connectivity index (χ2n) is 4.83. The quantitative estimate of drug-likeness (QED) is 0.501. The molecule has 2 aliphatic rings. The number of hydrogen-bond donors (Lipinski definition) is 0. The molecule has 2 rings (SSSR count). The van der Waals surface area contributed by atoms with Crippen molar-refractivity contribution >= 4 is 14.6 Å². The zero-order valence-corrected chi connectivity index (χ0v) is 11.2. The zero-order valence-electron chi connectivity index (χ0n) is 10.2. The Labute approximate surface area is 100 Å². The average Bonchev–Trinajstić information content (AvgIpc) is 2.95. The minimum atomic E-state index is -1.13. The molecule has 0 aromatic carbocycles. The first-order chi connectivity index (χ1) is 7.79. The predicted molar refractivity (Wildman–Crippen MR) is 68.6 cm³/mol. The minimum absolute atomic E-state index is 0.710. The van der Waals surface area contributed by atoms with Crippen molar-refractivity contribution in [2.45, 2.75) is 39.0 Å². The maximum atomic E-state index is 5.88. The molecule has 2 fully saturated rings. The Bertz CT molecular complexity index is 278. The molecule has 0 aliphatic heterocycles. The van der Waals surface area contributed by atoms with Crippen LogP contribution in [-0.2, 0) is 8.85 Å². The summed E-state index contributed by atoms with van der Waals surface area (Å²) in [6.07, 6.45) is 6.64. The topological polar surface area (TPSA) is 18.5 Å². The Morgan fingerprint density at radius 1 is 1.31 bits per heavy atom. The molecular formula is C13H22O2Si. The number of rotatable bonds is 7. The lowest BCUT2D eigenvalue weighted by molar-refractivity contribution is 0.225. The van der Waals surface area contributed by atoms with Crippen molar-refractivity contribution in [3.05, 3.63) is 12.2 Å². The van der Waals surface area contributed by atoms with Crippen molar-refractivity contribution in [1.82, 2.24) is 0 Å². The van der Waals surface area contributed by atoms with Gasteiger partial charge in [-0.2, -0.15) is 0 Å². The van der Waals surface area contributed by atoms with Gasteiger partial charge in [-0.15, -0.1) is 0 Å². The third kappa shape index (κ3) is 3.48. The van der Waals surface area contributed by atoms with Crippen LogP contribution in [0.25, 0.3) is 0 Å². The first-order valence-electron chi connectivity index (χ1n) is 6.44. The van der Waals surface area contributed by atoms with Gasteiger partial charge in [-0.1, -0.05) is 13.0 Å². The third-order valence-corrected chi connectivity index (χ3v) is 5.11. The molecule has 0 unspecified atom stereocenters. The van der Waals surface area contributed by atoms with Crippen molar-refractivity contribution in [1.29, 1.82) is 0 Å². The van der Waals surface area contributed by atoms with Gasteiger partial charge in [-0.25, -0.2) is 0 Å². The van der Waals surface area contributed by atoms with Gasteiger partial charge in [-0.05, 0) is 55.7 Å². The largest absolute Gasteiger partial charge is 0.524 e. The molecule has 0 bridgehead atoms. The van der Waals surface area contributed by atoms with Crippen LogP contribution in [0.5, 0.6) is 0 Å². The molecule has 0 saturated heterocycles. The van der Waals surface area contributed by atoms with E-state index >= 15 is 0 Å². The van der Waals surface area contributed by atoms with Gasteiger partial charge in [0, 0.05) is 0 Å². The molecule has 2 aliphatic carbocycles. The van der Waals surface area contributed by atoms with Gasteiger partial charge in [-0.3, -0.25) is 0 Å². The van der Waals surface area contributed by atoms with E-state index in [9.17, 15) is 0 Å². The van der Waals surface area contributed by atoms with Crippen LogP contribution in [0.1, 0.15) is 39.0 Å². The molecule has 0 amide bonds. The molecule has 0 heterocycles. The fraction of sp³-hybridized carbons (Fsp3) is 0.769. The summed E-state index contributed by atoms with van der Waals surface area (Å²) in [4.78, 5) is 0. The van der Waals surface area contributed by atoms with Gasteiger partial charge in [0.1, 0.15) is 0 Å². The lowest BCUT2D eigenvalue weighted by atomic mass is 9.80. The highest BCUT2D eigenvalue weighted by atomic mass is 28.3. The van der Waals surface area contributed by atoms with Gasteiger partial charge in [0.05, 0.1) is 13.2 Å². The second kappa shape index (κ2) is 5.67. The molecule has 2 nitrogen and oxygen atoms in total. The van der Waals surface area contributed by atoms with Crippen LogP contribution in [0.2, 0.25) is 0 Å². The molecule has 0 radical (unpaired) electrons. The van der Waals surface area contributed by atoms with Crippen LogP contribution in [0.15, 0.2) is 12.2 Å². The van der Waals surface area contributed by atoms with E-state index in [2.05, 4.69) is 12.3 Å². The van der Waals surface area contributed by atoms with E-state index in [1.165, 1.54) is 37.7 Å². The molecule has 2 saturated carbocycles. The Morgan fingerprint density at radius 2 is 2.06 bits per heavy atom. The van der Waals surface area contributed by atoms with E-state index in [1.54, 1.807) is 0 Å². The van der Waals surface area contributed by atoms with E-state index in [0.717, 1.165) is 18.4 Å². The molecule has 16 heavy (non-hydrogen) atoms. The Balaban J connectivity index is 1.74. The summed E-state index contributed by atoms with van der Waals surface area (Å²) in [7, 11) is -1.13. The predicted octanol–water partition coefficient (Wildman–Crippen LogP) is 2.68. The average molecular weight is 238 g/mol. The van der Waals surface area contributed by atoms with Crippen LogP contribution >= 0.6 is 0 Å². The summed E-state index contributed by atoms with van der Waals surface area (Å²) in [5.41, 5.74) is 3.58. The number of hydrogen-bond acceptors (Lipinski definition) is 2. The highest BCUT2D eigenvalue weighted by molar-refractivity contribution is 6.54. The van der Waals surface area contributed by atoms with E-state index in [1.807, 2.05) is 6.92 Å². The lowest BCUT2D eigenvalue weighted by Crippen LogP contribution is -2.22. The summed E-state index contributed by atoms with van der Waals surface area (Å²) in [5.74, 6) is 1.50. The van der Waals surface area contributed by atoms with Gasteiger partial charge >= 0.3 is 8.90 Å². The van der Waals surface area contributed by atoms with Crippen LogP contribution in [0.4, 0.5) is 0 Å². The van der Waals surface area contributed by atoms with Crippen molar-refractivity contribution < 1.29 is 8.85 Å². The molecule has 0 spiro atoms. The maximum Gasteiger partial charge on any atom is 0.476 e. The standard InChI is InChI=1S/C13H22O2Si/c1-3-14-16(10-12-7-8-12)15-9-11(2)13-5-4-6-13/h10,12-13H,2-9H2,1H3. The highest BCUT2D eigenvalue weighted by Gasteiger charge is 2.23. The summed E-state index contributed by atoms with van der Waals surface area (Å²) in [5, 5.41) is 0. The monoisotopic (exact) mass is 238 g/mol. The SMILES string of the molecule is C=C(CO[Si](=CC1CC1)OCC)C1CCC1. The van der Waals surface area contributed by atoms with E-state index in [0.29, 0.717) is 6.61 Å². The van der Waals surface area contributed by atoms with Crippen LogP contribution in [0.3, 0.4) is 0 Å². The molecule has 0 aromatic heterocycles. The van der Waals surface area contributed by atoms with E-state index < -0.39 is 8.90 Å². The Morgan fingerprint density at radius 3 is 2.56 bits per heavy atom. The Kier molecular flexibility index (Phi) is 4.21. The van der Waals surface area contributed by atoms with Gasteiger partial charge in [0.2, 0.25) is 0 Å². The van der Waals surface area contributed by atoms with E-state index in [-0.39, 0.29) is 0 Å². The van der Waals surface area contributed by atoms with E-state index in [4.69, 9.17) is 8.85 Å². The fourth-order valence-electron chi connectivity index (χ4n) is 1.83. The minimum Gasteiger partial charge on any atom is -0.524 e. The van der Waals surface area contributed by atoms with Gasteiger partial charge in [0.15, 0.2) is 0 Å². The van der Waals surface area contributed by atoms with Crippen LogP contribution in [-0.4, -0.2) is 27.8 Å². The Hall–Kier alpha value is -0.573. The first kappa shape index (κ1) is 11.9. The van der Waals surface area contributed by atoms with Crippen molar-refractivity contribution in [2.75, 3.05) is 13.2 Å². The van der Waals surface area contributed by atoms with Gasteiger partial charge < -0.3 is 8.85 Å². The van der Waals surface area contributed by atoms with Crippen molar-refractivity contribution in [2.24, 2.45) is 11.8 Å². The summed E-state index contributed by atoms with van der Waals surface area (Å²) >= 11 is 0. The molecule has 0 atom stereocenters. The first-order valence-corrected chi connectivity index (χ1v) is 7.84. The van der Waals surface area contributed by atoms with Crippen molar-refractivity contribution in [3.63, 3.8) is 0 Å². The summed E-state index contributed by atoms with van der Waals surface area (Å²) in [6.45, 7) is 7.63. The maximum absolute atomic E-state index is 5.88. The molecule has 3 heteroatoms. The molecule has 0 N–H and O–H groups in total. The smallest absolute Gasteiger partial charge is 0.476 e. The van der Waals surface area contributed by atoms with Crippen LogP contribution < -0.4 is 0 Å². The second-order valence-corrected chi connectivity index (χ2v) is 6.38.